The van der Waals surface area contributed by atoms with Gasteiger partial charge in [0.25, 0.3) is 0 Å². The Morgan fingerprint density at radius 1 is 0.452 bits per heavy atom. The zero-order valence-electron chi connectivity index (χ0n) is 22.5. The van der Waals surface area contributed by atoms with E-state index in [1.807, 2.05) is 30.3 Å². The number of rotatable bonds is 3. The lowest BCUT2D eigenvalue weighted by Crippen LogP contribution is -1.99. The molecule has 0 unspecified atom stereocenters. The summed E-state index contributed by atoms with van der Waals surface area (Å²) in [5.41, 5.74) is 8.66. The molecule has 0 amide bonds. The maximum absolute atomic E-state index is 8.21. The molecule has 0 atom stereocenters. The van der Waals surface area contributed by atoms with Gasteiger partial charge in [-0.3, -0.25) is 4.85 Å². The lowest BCUT2D eigenvalue weighted by molar-refractivity contribution is 1.17. The van der Waals surface area contributed by atoms with Gasteiger partial charge in [-0.25, -0.2) is 4.85 Å². The van der Waals surface area contributed by atoms with Crippen LogP contribution in [0.3, 0.4) is 0 Å². The fourth-order valence-electron chi connectivity index (χ4n) is 6.41. The molecule has 4 heteroatoms. The summed E-state index contributed by atoms with van der Waals surface area (Å²) in [4.78, 5) is 7.71. The molecule has 4 nitrogen and oxygen atoms in total. The fourth-order valence-corrected chi connectivity index (χ4v) is 6.41. The summed E-state index contributed by atoms with van der Waals surface area (Å²) in [6.07, 6.45) is 0. The summed E-state index contributed by atoms with van der Waals surface area (Å²) in [5.74, 6) is 0. The first kappa shape index (κ1) is 23.8. The molecular weight excluding hydrogens is 512 g/mol. The van der Waals surface area contributed by atoms with Gasteiger partial charge in [0, 0.05) is 32.9 Å². The molecule has 0 aliphatic carbocycles. The third-order valence-electron chi connectivity index (χ3n) is 8.16. The van der Waals surface area contributed by atoms with E-state index in [0.717, 1.165) is 55.3 Å². The Morgan fingerprint density at radius 3 is 1.45 bits per heavy atom. The van der Waals surface area contributed by atoms with Crippen molar-refractivity contribution >= 4 is 55.0 Å². The third-order valence-corrected chi connectivity index (χ3v) is 8.16. The molecule has 0 saturated carbocycles. The zero-order chi connectivity index (χ0) is 28.2. The molecule has 8 rings (SSSR count). The van der Waals surface area contributed by atoms with Crippen LogP contribution in [0.25, 0.3) is 75.8 Å². The summed E-state index contributed by atoms with van der Waals surface area (Å²) in [7, 11) is 0. The van der Waals surface area contributed by atoms with Crippen LogP contribution in [-0.4, -0.2) is 9.13 Å². The van der Waals surface area contributed by atoms with Gasteiger partial charge in [0.15, 0.2) is 5.69 Å². The third kappa shape index (κ3) is 3.33. The van der Waals surface area contributed by atoms with E-state index >= 15 is 0 Å². The van der Waals surface area contributed by atoms with E-state index in [-0.39, 0.29) is 0 Å². The summed E-state index contributed by atoms with van der Waals surface area (Å²) < 4.78 is 4.47. The predicted octanol–water partition coefficient (Wildman–Crippen LogP) is 10.6. The van der Waals surface area contributed by atoms with Gasteiger partial charge >= 0.3 is 0 Å². The highest BCUT2D eigenvalue weighted by atomic mass is 15.0. The standard InChI is InChI=1S/C38H22N4/c1-39-32-23-22-27(38(37(32)40-2)42-35-20-9-5-16-30(35)31-17-6-10-21-36(31)42)25-12-11-13-26(24-25)41-33-18-7-3-14-28(33)29-15-4-8-19-34(29)41/h3-24H. The minimum absolute atomic E-state index is 0.351. The second kappa shape index (κ2) is 9.24. The molecule has 0 radical (unpaired) electrons. The van der Waals surface area contributed by atoms with E-state index in [4.69, 9.17) is 13.1 Å². The van der Waals surface area contributed by atoms with Crippen LogP contribution in [0, 0.1) is 13.1 Å². The van der Waals surface area contributed by atoms with Crippen molar-refractivity contribution < 1.29 is 0 Å². The SMILES string of the molecule is [C-]#[N+]c1ccc(-c2cccc(-n3c4ccccc4c4ccccc43)c2)c(-n2c3ccccc3c3ccccc32)c1[N+]#[C-]. The average Bonchev–Trinajstić information content (AvgIpc) is 3.57. The normalized spacial score (nSPS) is 11.3. The molecule has 6 aromatic carbocycles. The number of hydrogen-bond donors (Lipinski definition) is 0. The number of nitrogens with zero attached hydrogens (tertiary/aromatic N) is 4. The van der Waals surface area contributed by atoms with Crippen LogP contribution in [-0.2, 0) is 0 Å². The fraction of sp³-hybridized carbons (Fsp3) is 0. The summed E-state index contributed by atoms with van der Waals surface area (Å²) in [6, 6.07) is 45.8. The smallest absolute Gasteiger partial charge is 0.218 e. The van der Waals surface area contributed by atoms with Crippen LogP contribution in [0.5, 0.6) is 0 Å². The maximum Gasteiger partial charge on any atom is 0.218 e. The second-order valence-electron chi connectivity index (χ2n) is 10.3. The van der Waals surface area contributed by atoms with E-state index in [2.05, 4.69) is 116 Å². The first-order valence-corrected chi connectivity index (χ1v) is 13.8. The van der Waals surface area contributed by atoms with Crippen molar-refractivity contribution in [2.24, 2.45) is 0 Å². The summed E-state index contributed by atoms with van der Waals surface area (Å²) in [6.45, 7) is 16.1. The molecular formula is C38H22N4. The van der Waals surface area contributed by atoms with Gasteiger partial charge in [0.05, 0.1) is 35.2 Å². The van der Waals surface area contributed by atoms with Gasteiger partial charge in [-0.05, 0) is 47.5 Å². The topological polar surface area (TPSA) is 18.6 Å². The zero-order valence-corrected chi connectivity index (χ0v) is 22.5. The molecule has 0 bridgehead atoms. The van der Waals surface area contributed by atoms with Crippen LogP contribution in [0.15, 0.2) is 133 Å². The molecule has 8 aromatic rings. The lowest BCUT2D eigenvalue weighted by atomic mass is 10.00. The summed E-state index contributed by atoms with van der Waals surface area (Å²) >= 11 is 0. The number of para-hydroxylation sites is 4. The number of fused-ring (bicyclic) bond motifs is 6. The van der Waals surface area contributed by atoms with E-state index in [1.54, 1.807) is 6.07 Å². The predicted molar refractivity (Wildman–Crippen MR) is 173 cm³/mol. The molecule has 0 fully saturated rings. The Bertz CT molecular complexity index is 2340. The Labute approximate surface area is 242 Å². The van der Waals surface area contributed by atoms with Crippen molar-refractivity contribution in [1.29, 1.82) is 0 Å². The minimum Gasteiger partial charge on any atom is -0.320 e. The monoisotopic (exact) mass is 534 g/mol. The van der Waals surface area contributed by atoms with Crippen molar-refractivity contribution in [2.45, 2.75) is 0 Å². The number of hydrogen-bond acceptors (Lipinski definition) is 0. The van der Waals surface area contributed by atoms with Crippen LogP contribution >= 0.6 is 0 Å². The molecule has 42 heavy (non-hydrogen) atoms. The van der Waals surface area contributed by atoms with Crippen LogP contribution in [0.4, 0.5) is 11.4 Å². The van der Waals surface area contributed by atoms with Crippen LogP contribution in [0.2, 0.25) is 0 Å². The molecule has 2 heterocycles. The van der Waals surface area contributed by atoms with Crippen LogP contribution < -0.4 is 0 Å². The molecule has 2 aromatic heterocycles. The van der Waals surface area contributed by atoms with Crippen molar-refractivity contribution in [1.82, 2.24) is 9.13 Å². The molecule has 0 aliphatic heterocycles. The van der Waals surface area contributed by atoms with Gasteiger partial charge in [-0.2, -0.15) is 0 Å². The average molecular weight is 535 g/mol. The van der Waals surface area contributed by atoms with Gasteiger partial charge < -0.3 is 9.13 Å². The van der Waals surface area contributed by atoms with Crippen molar-refractivity contribution in [3.8, 4) is 22.5 Å². The highest BCUT2D eigenvalue weighted by Gasteiger charge is 2.22. The molecule has 0 N–H and O–H groups in total. The van der Waals surface area contributed by atoms with Gasteiger partial charge in [0.1, 0.15) is 0 Å². The quantitative estimate of drug-likeness (QED) is 0.201. The Balaban J connectivity index is 1.46. The maximum atomic E-state index is 8.21. The van der Waals surface area contributed by atoms with E-state index in [0.29, 0.717) is 11.4 Å². The lowest BCUT2D eigenvalue weighted by Gasteiger charge is -2.18. The first-order valence-electron chi connectivity index (χ1n) is 13.8. The van der Waals surface area contributed by atoms with Crippen molar-refractivity contribution in [3.63, 3.8) is 0 Å². The highest BCUT2D eigenvalue weighted by Crippen LogP contribution is 2.45. The number of benzene rings is 6. The number of aromatic nitrogens is 2. The molecule has 0 spiro atoms. The second-order valence-corrected chi connectivity index (χ2v) is 10.3. The van der Waals surface area contributed by atoms with Crippen molar-refractivity contribution in [2.75, 3.05) is 0 Å². The van der Waals surface area contributed by atoms with Gasteiger partial charge in [-0.1, -0.05) is 97.1 Å². The molecule has 0 saturated heterocycles. The summed E-state index contributed by atoms with van der Waals surface area (Å²) in [5, 5.41) is 4.65. The minimum atomic E-state index is 0.351. The van der Waals surface area contributed by atoms with Crippen LogP contribution in [0.1, 0.15) is 0 Å². The molecule has 0 aliphatic rings. The van der Waals surface area contributed by atoms with Gasteiger partial charge in [0.2, 0.25) is 5.69 Å². The van der Waals surface area contributed by atoms with E-state index in [9.17, 15) is 0 Å². The van der Waals surface area contributed by atoms with Gasteiger partial charge in [-0.15, -0.1) is 0 Å². The van der Waals surface area contributed by atoms with E-state index in [1.165, 1.54) is 10.8 Å². The van der Waals surface area contributed by atoms with Crippen molar-refractivity contribution in [3.05, 3.63) is 156 Å². The molecule has 194 valence electrons. The first-order chi connectivity index (χ1) is 20.8. The highest BCUT2D eigenvalue weighted by molar-refractivity contribution is 6.11. The Kier molecular flexibility index (Phi) is 5.22. The Morgan fingerprint density at radius 2 is 0.952 bits per heavy atom. The largest absolute Gasteiger partial charge is 0.320 e. The Hall–Kier alpha value is -6.10. The van der Waals surface area contributed by atoms with E-state index < -0.39 is 0 Å².